The van der Waals surface area contributed by atoms with Gasteiger partial charge in [-0.1, -0.05) is 53.7 Å². The summed E-state index contributed by atoms with van der Waals surface area (Å²) < 4.78 is 0. The first-order valence-corrected chi connectivity index (χ1v) is 7.39. The quantitative estimate of drug-likeness (QED) is 0.794. The Labute approximate surface area is 126 Å². The predicted molar refractivity (Wildman–Crippen MR) is 84.4 cm³/mol. The third-order valence-electron chi connectivity index (χ3n) is 3.06. The van der Waals surface area contributed by atoms with Gasteiger partial charge in [-0.15, -0.1) is 0 Å². The summed E-state index contributed by atoms with van der Waals surface area (Å²) in [6.45, 7) is 1.91. The van der Waals surface area contributed by atoms with Crippen LogP contribution in [-0.4, -0.2) is 5.78 Å². The molecule has 0 spiro atoms. The summed E-state index contributed by atoms with van der Waals surface area (Å²) >= 11 is 7.47. The Morgan fingerprint density at radius 3 is 2.65 bits per heavy atom. The van der Waals surface area contributed by atoms with Crippen molar-refractivity contribution in [2.45, 2.75) is 11.8 Å². The number of rotatable bonds is 2. The molecule has 2 nitrogen and oxygen atoms in total. The second kappa shape index (κ2) is 5.35. The highest BCUT2D eigenvalue weighted by atomic mass is 35.5. The molecular weight excluding hydrogens is 290 g/mol. The van der Waals surface area contributed by atoms with Gasteiger partial charge < -0.3 is 5.32 Å². The third kappa shape index (κ3) is 2.47. The number of allylic oxidation sites excluding steroid dienone is 2. The molecule has 0 atom stereocenters. The number of fused-ring (bicyclic) bond motifs is 1. The van der Waals surface area contributed by atoms with Crippen LogP contribution in [0.15, 0.2) is 64.0 Å². The molecule has 1 heterocycles. The number of benzene rings is 2. The van der Waals surface area contributed by atoms with Gasteiger partial charge in [0.1, 0.15) is 0 Å². The topological polar surface area (TPSA) is 29.1 Å². The highest BCUT2D eigenvalue weighted by Crippen LogP contribution is 2.41. The first kappa shape index (κ1) is 13.3. The van der Waals surface area contributed by atoms with Gasteiger partial charge in [-0.05, 0) is 25.1 Å². The molecule has 0 amide bonds. The zero-order valence-electron chi connectivity index (χ0n) is 10.8. The van der Waals surface area contributed by atoms with Gasteiger partial charge in [0, 0.05) is 21.2 Å². The monoisotopic (exact) mass is 301 g/mol. The lowest BCUT2D eigenvalue weighted by Crippen LogP contribution is -2.12. The first-order valence-electron chi connectivity index (χ1n) is 6.20. The molecule has 0 unspecified atom stereocenters. The maximum Gasteiger partial charge on any atom is 0.201 e. The molecule has 0 bridgehead atoms. The summed E-state index contributed by atoms with van der Waals surface area (Å²) in [6.07, 6.45) is 0. The van der Waals surface area contributed by atoms with Gasteiger partial charge in [0.05, 0.1) is 10.6 Å². The van der Waals surface area contributed by atoms with E-state index in [1.54, 1.807) is 0 Å². The summed E-state index contributed by atoms with van der Waals surface area (Å²) in [5, 5.41) is 3.94. The van der Waals surface area contributed by atoms with Gasteiger partial charge in [-0.25, -0.2) is 0 Å². The third-order valence-corrected chi connectivity index (χ3v) is 4.57. The smallest absolute Gasteiger partial charge is 0.201 e. The van der Waals surface area contributed by atoms with Crippen molar-refractivity contribution < 1.29 is 4.79 Å². The summed E-state index contributed by atoms with van der Waals surface area (Å²) in [4.78, 5) is 14.3. The number of Topliss-reactive ketones (excluding diaryl/α,β-unsaturated/α-hetero) is 1. The van der Waals surface area contributed by atoms with Crippen LogP contribution < -0.4 is 5.32 Å². The lowest BCUT2D eigenvalue weighted by molar-refractivity contribution is 0.104. The SMILES string of the molecule is CC1=C(C(=O)c2ccccc2)Sc2ccc(Cl)cc2N1. The van der Waals surface area contributed by atoms with Crippen LogP contribution in [0.2, 0.25) is 5.02 Å². The van der Waals surface area contributed by atoms with Crippen LogP contribution in [0.1, 0.15) is 17.3 Å². The second-order valence-corrected chi connectivity index (χ2v) is 6.01. The lowest BCUT2D eigenvalue weighted by atomic mass is 10.1. The van der Waals surface area contributed by atoms with E-state index >= 15 is 0 Å². The number of halogens is 1. The van der Waals surface area contributed by atoms with Crippen LogP contribution >= 0.6 is 23.4 Å². The minimum Gasteiger partial charge on any atom is -0.357 e. The van der Waals surface area contributed by atoms with Crippen molar-refractivity contribution >= 4 is 34.8 Å². The van der Waals surface area contributed by atoms with E-state index in [0.29, 0.717) is 10.6 Å². The van der Waals surface area contributed by atoms with E-state index in [2.05, 4.69) is 5.32 Å². The molecular formula is C16H12ClNOS. The highest BCUT2D eigenvalue weighted by molar-refractivity contribution is 8.04. The molecule has 0 saturated heterocycles. The van der Waals surface area contributed by atoms with E-state index in [1.807, 2.05) is 55.5 Å². The lowest BCUT2D eigenvalue weighted by Gasteiger charge is -2.21. The van der Waals surface area contributed by atoms with E-state index < -0.39 is 0 Å². The molecule has 4 heteroatoms. The minimum absolute atomic E-state index is 0.0428. The summed E-state index contributed by atoms with van der Waals surface area (Å²) in [6, 6.07) is 15.0. The number of anilines is 1. The van der Waals surface area contributed by atoms with Crippen LogP contribution in [0, 0.1) is 0 Å². The number of thioether (sulfide) groups is 1. The first-order chi connectivity index (χ1) is 9.65. The minimum atomic E-state index is 0.0428. The van der Waals surface area contributed by atoms with E-state index in [9.17, 15) is 4.79 Å². The molecule has 0 aromatic heterocycles. The van der Waals surface area contributed by atoms with Gasteiger partial charge in [0.15, 0.2) is 0 Å². The van der Waals surface area contributed by atoms with E-state index in [4.69, 9.17) is 11.6 Å². The number of carbonyl (C=O) groups is 1. The number of ketones is 1. The molecule has 2 aromatic carbocycles. The molecule has 0 fully saturated rings. The van der Waals surface area contributed by atoms with Crippen molar-refractivity contribution in [2.75, 3.05) is 5.32 Å². The van der Waals surface area contributed by atoms with E-state index in [-0.39, 0.29) is 5.78 Å². The number of nitrogens with one attached hydrogen (secondary N) is 1. The largest absolute Gasteiger partial charge is 0.357 e. The molecule has 1 aliphatic heterocycles. The molecule has 20 heavy (non-hydrogen) atoms. The van der Waals surface area contributed by atoms with Crippen LogP contribution in [0.25, 0.3) is 0 Å². The van der Waals surface area contributed by atoms with Gasteiger partial charge in [0.25, 0.3) is 0 Å². The Bertz CT molecular complexity index is 710. The summed E-state index contributed by atoms with van der Waals surface area (Å²) in [7, 11) is 0. The van der Waals surface area contributed by atoms with Crippen LogP contribution in [0.5, 0.6) is 0 Å². The molecule has 0 radical (unpaired) electrons. The summed E-state index contributed by atoms with van der Waals surface area (Å²) in [5.41, 5.74) is 2.51. The van der Waals surface area contributed by atoms with Gasteiger partial charge >= 0.3 is 0 Å². The summed E-state index contributed by atoms with van der Waals surface area (Å²) in [5.74, 6) is 0.0428. The predicted octanol–water partition coefficient (Wildman–Crippen LogP) is 4.97. The fourth-order valence-electron chi connectivity index (χ4n) is 2.07. The Hall–Kier alpha value is -1.71. The molecule has 1 aliphatic rings. The fraction of sp³-hybridized carbons (Fsp3) is 0.0625. The van der Waals surface area contributed by atoms with Crippen molar-refractivity contribution in [3.63, 3.8) is 0 Å². The number of carbonyl (C=O) groups excluding carboxylic acids is 1. The van der Waals surface area contributed by atoms with Crippen LogP contribution in [0.4, 0.5) is 5.69 Å². The van der Waals surface area contributed by atoms with Gasteiger partial charge in [-0.2, -0.15) is 0 Å². The molecule has 3 rings (SSSR count). The average molecular weight is 302 g/mol. The molecule has 0 aliphatic carbocycles. The Kier molecular flexibility index (Phi) is 3.55. The normalized spacial score (nSPS) is 13.7. The molecule has 2 aromatic rings. The van der Waals surface area contributed by atoms with Crippen molar-refractivity contribution in [1.29, 1.82) is 0 Å². The highest BCUT2D eigenvalue weighted by Gasteiger charge is 2.22. The van der Waals surface area contributed by atoms with Gasteiger partial charge in [0.2, 0.25) is 5.78 Å². The van der Waals surface area contributed by atoms with E-state index in [0.717, 1.165) is 21.2 Å². The standard InChI is InChI=1S/C16H12ClNOS/c1-10-16(15(19)11-5-3-2-4-6-11)20-14-8-7-12(17)9-13(14)18-10/h2-9,18H,1H3. The van der Waals surface area contributed by atoms with Crippen molar-refractivity contribution in [3.8, 4) is 0 Å². The number of hydrogen-bond acceptors (Lipinski definition) is 3. The fourth-order valence-corrected chi connectivity index (χ4v) is 3.23. The Morgan fingerprint density at radius 1 is 1.15 bits per heavy atom. The Morgan fingerprint density at radius 2 is 1.90 bits per heavy atom. The zero-order chi connectivity index (χ0) is 14.1. The van der Waals surface area contributed by atoms with Crippen LogP contribution in [0.3, 0.4) is 0 Å². The maximum absolute atomic E-state index is 12.5. The maximum atomic E-state index is 12.5. The zero-order valence-corrected chi connectivity index (χ0v) is 12.4. The molecule has 0 saturated carbocycles. The van der Waals surface area contributed by atoms with Crippen molar-refractivity contribution in [1.82, 2.24) is 0 Å². The van der Waals surface area contributed by atoms with E-state index in [1.165, 1.54) is 11.8 Å². The van der Waals surface area contributed by atoms with Gasteiger partial charge in [-0.3, -0.25) is 4.79 Å². The van der Waals surface area contributed by atoms with Crippen LogP contribution in [-0.2, 0) is 0 Å². The number of hydrogen-bond donors (Lipinski definition) is 1. The van der Waals surface area contributed by atoms with Crippen molar-refractivity contribution in [3.05, 3.63) is 69.7 Å². The second-order valence-electron chi connectivity index (χ2n) is 4.52. The Balaban J connectivity index is 1.96. The van der Waals surface area contributed by atoms with Crippen molar-refractivity contribution in [2.24, 2.45) is 0 Å². The molecule has 100 valence electrons. The molecule has 1 N–H and O–H groups in total. The average Bonchev–Trinajstić information content (AvgIpc) is 2.46.